The normalized spacial score (nSPS) is 9.76. The van der Waals surface area contributed by atoms with E-state index in [4.69, 9.17) is 0 Å². The van der Waals surface area contributed by atoms with E-state index in [1.807, 2.05) is 37.3 Å². The molecule has 5 nitrogen and oxygen atoms in total. The summed E-state index contributed by atoms with van der Waals surface area (Å²) in [5.74, 6) is -0.360. The number of carbonyl (C=O) groups excluding carboxylic acids is 2. The van der Waals surface area contributed by atoms with E-state index in [-0.39, 0.29) is 5.91 Å². The van der Waals surface area contributed by atoms with Crippen LogP contribution in [0.2, 0.25) is 0 Å². The first kappa shape index (κ1) is 14.6. The summed E-state index contributed by atoms with van der Waals surface area (Å²) >= 11 is 0. The number of amides is 3. The Bertz CT molecular complexity index is 609. The van der Waals surface area contributed by atoms with Gasteiger partial charge in [0.2, 0.25) is 0 Å². The molecule has 2 aromatic rings. The molecule has 0 unspecified atom stereocenters. The van der Waals surface area contributed by atoms with Crippen LogP contribution in [0.1, 0.15) is 21.5 Å². The van der Waals surface area contributed by atoms with Crippen molar-refractivity contribution in [1.82, 2.24) is 16.2 Å². The van der Waals surface area contributed by atoms with Crippen LogP contribution in [0.25, 0.3) is 0 Å². The lowest BCUT2D eigenvalue weighted by Crippen LogP contribution is -2.46. The fourth-order valence-corrected chi connectivity index (χ4v) is 1.71. The van der Waals surface area contributed by atoms with E-state index in [0.29, 0.717) is 12.1 Å². The predicted molar refractivity (Wildman–Crippen MR) is 80.5 cm³/mol. The van der Waals surface area contributed by atoms with Crippen molar-refractivity contribution in [3.63, 3.8) is 0 Å². The van der Waals surface area contributed by atoms with Crippen LogP contribution in [0.3, 0.4) is 0 Å². The summed E-state index contributed by atoms with van der Waals surface area (Å²) in [5.41, 5.74) is 7.29. The van der Waals surface area contributed by atoms with Gasteiger partial charge in [-0.1, -0.05) is 48.0 Å². The molecule has 0 bridgehead atoms. The molecule has 0 saturated carbocycles. The minimum Gasteiger partial charge on any atom is -0.333 e. The minimum atomic E-state index is -0.458. The average Bonchev–Trinajstić information content (AvgIpc) is 2.53. The fourth-order valence-electron chi connectivity index (χ4n) is 1.71. The number of rotatable bonds is 3. The lowest BCUT2D eigenvalue weighted by Gasteiger charge is -2.09. The van der Waals surface area contributed by atoms with E-state index < -0.39 is 6.03 Å². The second-order valence-electron chi connectivity index (χ2n) is 4.61. The molecule has 0 aliphatic rings. The largest absolute Gasteiger partial charge is 0.333 e. The highest BCUT2D eigenvalue weighted by Gasteiger charge is 2.05. The van der Waals surface area contributed by atoms with E-state index in [1.54, 1.807) is 24.3 Å². The van der Waals surface area contributed by atoms with Crippen LogP contribution in [0.4, 0.5) is 4.79 Å². The van der Waals surface area contributed by atoms with Gasteiger partial charge in [0, 0.05) is 12.1 Å². The Kier molecular flexibility index (Phi) is 4.93. The summed E-state index contributed by atoms with van der Waals surface area (Å²) in [6.07, 6.45) is 0. The van der Waals surface area contributed by atoms with Crippen LogP contribution in [0.15, 0.2) is 54.6 Å². The molecule has 21 heavy (non-hydrogen) atoms. The van der Waals surface area contributed by atoms with Crippen LogP contribution in [0, 0.1) is 6.92 Å². The third kappa shape index (κ3) is 4.65. The lowest BCUT2D eigenvalue weighted by atomic mass is 10.1. The SMILES string of the molecule is Cc1ccc(CNC(=O)NNC(=O)c2ccccc2)cc1. The number of nitrogens with one attached hydrogen (secondary N) is 3. The minimum absolute atomic E-state index is 0.360. The maximum Gasteiger partial charge on any atom is 0.333 e. The van der Waals surface area contributed by atoms with E-state index >= 15 is 0 Å². The fraction of sp³-hybridized carbons (Fsp3) is 0.125. The molecule has 0 atom stereocenters. The zero-order chi connectivity index (χ0) is 15.1. The standard InChI is InChI=1S/C16H17N3O2/c1-12-7-9-13(10-8-12)11-17-16(21)19-18-15(20)14-5-3-2-4-6-14/h2-10H,11H2,1H3,(H,18,20)(H2,17,19,21). The van der Waals surface area contributed by atoms with E-state index in [1.165, 1.54) is 5.56 Å². The van der Waals surface area contributed by atoms with Gasteiger partial charge >= 0.3 is 6.03 Å². The first-order chi connectivity index (χ1) is 10.1. The van der Waals surface area contributed by atoms with Crippen LogP contribution < -0.4 is 16.2 Å². The Hall–Kier alpha value is -2.82. The van der Waals surface area contributed by atoms with Crippen molar-refractivity contribution in [2.24, 2.45) is 0 Å². The zero-order valence-electron chi connectivity index (χ0n) is 11.7. The molecule has 3 N–H and O–H groups in total. The third-order valence-corrected chi connectivity index (χ3v) is 2.90. The van der Waals surface area contributed by atoms with Gasteiger partial charge in [-0.2, -0.15) is 0 Å². The maximum atomic E-state index is 11.7. The van der Waals surface area contributed by atoms with Crippen molar-refractivity contribution in [2.75, 3.05) is 0 Å². The summed E-state index contributed by atoms with van der Waals surface area (Å²) in [5, 5.41) is 2.66. The molecule has 0 aliphatic heterocycles. The number of urea groups is 1. The van der Waals surface area contributed by atoms with Gasteiger partial charge in [-0.05, 0) is 24.6 Å². The molecule has 0 saturated heterocycles. The van der Waals surface area contributed by atoms with Gasteiger partial charge in [0.15, 0.2) is 0 Å². The van der Waals surface area contributed by atoms with Gasteiger partial charge < -0.3 is 5.32 Å². The lowest BCUT2D eigenvalue weighted by molar-refractivity contribution is 0.0936. The van der Waals surface area contributed by atoms with Crippen LogP contribution >= 0.6 is 0 Å². The summed E-state index contributed by atoms with van der Waals surface area (Å²) < 4.78 is 0. The summed E-state index contributed by atoms with van der Waals surface area (Å²) in [4.78, 5) is 23.3. The molecule has 2 rings (SSSR count). The van der Waals surface area contributed by atoms with Crippen molar-refractivity contribution in [2.45, 2.75) is 13.5 Å². The van der Waals surface area contributed by atoms with Crippen LogP contribution in [0.5, 0.6) is 0 Å². The number of benzene rings is 2. The van der Waals surface area contributed by atoms with E-state index in [0.717, 1.165) is 5.56 Å². The number of carbonyl (C=O) groups is 2. The molecule has 108 valence electrons. The van der Waals surface area contributed by atoms with Crippen LogP contribution in [-0.4, -0.2) is 11.9 Å². The monoisotopic (exact) mass is 283 g/mol. The number of hydrogen-bond donors (Lipinski definition) is 3. The molecule has 0 heterocycles. The quantitative estimate of drug-likeness (QED) is 0.755. The molecular formula is C16H17N3O2. The van der Waals surface area contributed by atoms with Gasteiger partial charge in [-0.25, -0.2) is 10.2 Å². The molecule has 0 fully saturated rings. The molecule has 3 amide bonds. The Morgan fingerprint density at radius 2 is 1.57 bits per heavy atom. The van der Waals surface area contributed by atoms with Gasteiger partial charge in [0.1, 0.15) is 0 Å². The molecule has 0 aliphatic carbocycles. The van der Waals surface area contributed by atoms with E-state index in [9.17, 15) is 9.59 Å². The molecule has 2 aromatic carbocycles. The van der Waals surface area contributed by atoms with Crippen molar-refractivity contribution < 1.29 is 9.59 Å². The van der Waals surface area contributed by atoms with Crippen LogP contribution in [-0.2, 0) is 6.54 Å². The van der Waals surface area contributed by atoms with Crippen molar-refractivity contribution in [3.05, 3.63) is 71.3 Å². The maximum absolute atomic E-state index is 11.7. The third-order valence-electron chi connectivity index (χ3n) is 2.90. The molecule has 0 spiro atoms. The van der Waals surface area contributed by atoms with Gasteiger partial charge in [-0.15, -0.1) is 0 Å². The number of hydrazine groups is 1. The topological polar surface area (TPSA) is 70.2 Å². The Morgan fingerprint density at radius 1 is 0.905 bits per heavy atom. The van der Waals surface area contributed by atoms with Gasteiger partial charge in [0.05, 0.1) is 0 Å². The summed E-state index contributed by atoms with van der Waals surface area (Å²) in [6, 6.07) is 16.0. The first-order valence-electron chi connectivity index (χ1n) is 6.60. The average molecular weight is 283 g/mol. The second-order valence-corrected chi connectivity index (χ2v) is 4.61. The molecule has 5 heteroatoms. The number of hydrogen-bond acceptors (Lipinski definition) is 2. The van der Waals surface area contributed by atoms with Crippen molar-refractivity contribution in [3.8, 4) is 0 Å². The Labute approximate surface area is 123 Å². The summed E-state index contributed by atoms with van der Waals surface area (Å²) in [6.45, 7) is 2.40. The second kappa shape index (κ2) is 7.09. The Morgan fingerprint density at radius 3 is 2.24 bits per heavy atom. The highest BCUT2D eigenvalue weighted by molar-refractivity contribution is 5.95. The molecule has 0 radical (unpaired) electrons. The van der Waals surface area contributed by atoms with Crippen molar-refractivity contribution >= 4 is 11.9 Å². The number of aryl methyl sites for hydroxylation is 1. The molecule has 0 aromatic heterocycles. The van der Waals surface area contributed by atoms with Gasteiger partial charge in [0.25, 0.3) is 5.91 Å². The molecular weight excluding hydrogens is 266 g/mol. The Balaban J connectivity index is 1.75. The van der Waals surface area contributed by atoms with E-state index in [2.05, 4.69) is 16.2 Å². The first-order valence-corrected chi connectivity index (χ1v) is 6.60. The zero-order valence-corrected chi connectivity index (χ0v) is 11.7. The summed E-state index contributed by atoms with van der Waals surface area (Å²) in [7, 11) is 0. The van der Waals surface area contributed by atoms with Gasteiger partial charge in [-0.3, -0.25) is 10.2 Å². The smallest absolute Gasteiger partial charge is 0.333 e. The highest BCUT2D eigenvalue weighted by atomic mass is 16.2. The predicted octanol–water partition coefficient (Wildman–Crippen LogP) is 2.14. The highest BCUT2D eigenvalue weighted by Crippen LogP contribution is 2.02. The van der Waals surface area contributed by atoms with Crippen molar-refractivity contribution in [1.29, 1.82) is 0 Å².